The van der Waals surface area contributed by atoms with Crippen LogP contribution in [0.1, 0.15) is 22.8 Å². The van der Waals surface area contributed by atoms with E-state index in [0.29, 0.717) is 30.8 Å². The van der Waals surface area contributed by atoms with Crippen molar-refractivity contribution in [3.63, 3.8) is 0 Å². The molecule has 0 radical (unpaired) electrons. The van der Waals surface area contributed by atoms with E-state index in [4.69, 9.17) is 10.5 Å². The molecule has 1 aliphatic heterocycles. The van der Waals surface area contributed by atoms with Crippen molar-refractivity contribution >= 4 is 23.3 Å². The first kappa shape index (κ1) is 16.1. The van der Waals surface area contributed by atoms with Crippen LogP contribution >= 0.6 is 0 Å². The molecule has 0 fully saturated rings. The Morgan fingerprint density at radius 3 is 2.58 bits per heavy atom. The van der Waals surface area contributed by atoms with Gasteiger partial charge >= 0.3 is 5.97 Å². The molecule has 1 atom stereocenters. The highest BCUT2D eigenvalue weighted by Crippen LogP contribution is 2.31. The zero-order valence-corrected chi connectivity index (χ0v) is 13.6. The molecule has 0 spiro atoms. The summed E-state index contributed by atoms with van der Waals surface area (Å²) in [5.74, 6) is -0.754. The van der Waals surface area contributed by atoms with Gasteiger partial charge in [0.2, 0.25) is 0 Å². The number of esters is 1. The number of amides is 1. The van der Waals surface area contributed by atoms with E-state index in [1.54, 1.807) is 36.1 Å². The topological polar surface area (TPSA) is 72.6 Å². The number of fused-ring (bicyclic) bond motifs is 1. The zero-order chi connectivity index (χ0) is 17.1. The number of rotatable bonds is 3. The van der Waals surface area contributed by atoms with Crippen molar-refractivity contribution < 1.29 is 14.3 Å². The molecule has 2 aromatic rings. The zero-order valence-electron chi connectivity index (χ0n) is 13.6. The van der Waals surface area contributed by atoms with Gasteiger partial charge in [0.25, 0.3) is 5.91 Å². The Morgan fingerprint density at radius 1 is 1.17 bits per heavy atom. The highest BCUT2D eigenvalue weighted by atomic mass is 16.5. The van der Waals surface area contributed by atoms with Crippen molar-refractivity contribution in [1.82, 2.24) is 0 Å². The number of carbonyl (C=O) groups excluding carboxylic acids is 2. The third kappa shape index (κ3) is 3.11. The summed E-state index contributed by atoms with van der Waals surface area (Å²) in [5.41, 5.74) is 8.67. The lowest BCUT2D eigenvalue weighted by atomic mass is 9.92. The standard InChI is InChI=1S/C19H20N2O3/c1-2-24-19(23)15-11-14-5-3-4-6-17(14)21(12-15)18(22)13-7-9-16(20)10-8-13/h3-10,15H,2,11-12,20H2,1H3. The average molecular weight is 324 g/mol. The average Bonchev–Trinajstić information content (AvgIpc) is 2.61. The minimum atomic E-state index is -0.349. The number of para-hydroxylation sites is 1. The van der Waals surface area contributed by atoms with Gasteiger partial charge in [-0.05, 0) is 49.2 Å². The molecule has 1 amide bonds. The van der Waals surface area contributed by atoms with Crippen LogP contribution in [0, 0.1) is 5.92 Å². The number of nitrogens with zero attached hydrogens (tertiary/aromatic N) is 1. The first-order valence-electron chi connectivity index (χ1n) is 8.02. The van der Waals surface area contributed by atoms with Gasteiger partial charge < -0.3 is 15.4 Å². The van der Waals surface area contributed by atoms with Crippen LogP contribution in [-0.2, 0) is 16.0 Å². The van der Waals surface area contributed by atoms with Crippen molar-refractivity contribution in [3.05, 3.63) is 59.7 Å². The fraction of sp³-hybridized carbons (Fsp3) is 0.263. The molecule has 1 heterocycles. The van der Waals surface area contributed by atoms with Gasteiger partial charge in [0.1, 0.15) is 0 Å². The van der Waals surface area contributed by atoms with E-state index < -0.39 is 0 Å². The third-order valence-electron chi connectivity index (χ3n) is 4.17. The number of carbonyl (C=O) groups is 2. The minimum absolute atomic E-state index is 0.142. The molecule has 3 rings (SSSR count). The van der Waals surface area contributed by atoms with E-state index in [9.17, 15) is 9.59 Å². The van der Waals surface area contributed by atoms with Crippen molar-refractivity contribution in [3.8, 4) is 0 Å². The maximum Gasteiger partial charge on any atom is 0.311 e. The van der Waals surface area contributed by atoms with Gasteiger partial charge in [-0.3, -0.25) is 9.59 Å². The molecule has 0 aromatic heterocycles. The molecule has 0 aliphatic carbocycles. The molecule has 5 nitrogen and oxygen atoms in total. The lowest BCUT2D eigenvalue weighted by Gasteiger charge is -2.33. The number of benzene rings is 2. The predicted molar refractivity (Wildman–Crippen MR) is 92.8 cm³/mol. The van der Waals surface area contributed by atoms with Crippen LogP contribution in [0.3, 0.4) is 0 Å². The summed E-state index contributed by atoms with van der Waals surface area (Å²) in [6.45, 7) is 2.44. The second kappa shape index (κ2) is 6.74. The molecule has 124 valence electrons. The lowest BCUT2D eigenvalue weighted by Crippen LogP contribution is -2.43. The Bertz CT molecular complexity index is 755. The van der Waals surface area contributed by atoms with Gasteiger partial charge in [0, 0.05) is 23.5 Å². The van der Waals surface area contributed by atoms with Gasteiger partial charge in [-0.2, -0.15) is 0 Å². The number of anilines is 2. The Kier molecular flexibility index (Phi) is 4.51. The fourth-order valence-electron chi connectivity index (χ4n) is 2.99. The quantitative estimate of drug-likeness (QED) is 0.696. The van der Waals surface area contributed by atoms with Gasteiger partial charge in [-0.1, -0.05) is 18.2 Å². The number of nitrogen functional groups attached to an aromatic ring is 1. The molecule has 0 saturated heterocycles. The van der Waals surface area contributed by atoms with Crippen LogP contribution < -0.4 is 10.6 Å². The molecule has 2 aromatic carbocycles. The lowest BCUT2D eigenvalue weighted by molar-refractivity contribution is -0.147. The molecular formula is C19H20N2O3. The summed E-state index contributed by atoms with van der Waals surface area (Å²) in [6, 6.07) is 14.5. The molecule has 0 bridgehead atoms. The highest BCUT2D eigenvalue weighted by molar-refractivity contribution is 6.07. The summed E-state index contributed by atoms with van der Waals surface area (Å²) >= 11 is 0. The first-order valence-corrected chi connectivity index (χ1v) is 8.02. The highest BCUT2D eigenvalue weighted by Gasteiger charge is 2.33. The van der Waals surface area contributed by atoms with Crippen LogP contribution in [-0.4, -0.2) is 25.0 Å². The maximum atomic E-state index is 12.9. The SMILES string of the molecule is CCOC(=O)C1Cc2ccccc2N(C(=O)c2ccc(N)cc2)C1. The molecule has 24 heavy (non-hydrogen) atoms. The number of hydrogen-bond donors (Lipinski definition) is 1. The second-order valence-electron chi connectivity index (χ2n) is 5.82. The van der Waals surface area contributed by atoms with E-state index in [1.165, 1.54) is 0 Å². The van der Waals surface area contributed by atoms with Crippen LogP contribution in [0.2, 0.25) is 0 Å². The Labute approximate surface area is 141 Å². The van der Waals surface area contributed by atoms with Crippen LogP contribution in [0.5, 0.6) is 0 Å². The van der Waals surface area contributed by atoms with Crippen molar-refractivity contribution in [1.29, 1.82) is 0 Å². The Balaban J connectivity index is 1.94. The van der Waals surface area contributed by atoms with E-state index in [-0.39, 0.29) is 17.8 Å². The van der Waals surface area contributed by atoms with Gasteiger partial charge in [-0.25, -0.2) is 0 Å². The normalized spacial score (nSPS) is 16.4. The monoisotopic (exact) mass is 324 g/mol. The van der Waals surface area contributed by atoms with E-state index in [1.807, 2.05) is 24.3 Å². The predicted octanol–water partition coefficient (Wildman–Crippen LogP) is 2.65. The van der Waals surface area contributed by atoms with E-state index in [2.05, 4.69) is 0 Å². The smallest absolute Gasteiger partial charge is 0.311 e. The summed E-state index contributed by atoms with van der Waals surface area (Å²) in [5, 5.41) is 0. The van der Waals surface area contributed by atoms with Gasteiger partial charge in [0.15, 0.2) is 0 Å². The number of nitrogens with two attached hydrogens (primary N) is 1. The molecule has 2 N–H and O–H groups in total. The van der Waals surface area contributed by atoms with Crippen LogP contribution in [0.25, 0.3) is 0 Å². The molecular weight excluding hydrogens is 304 g/mol. The van der Waals surface area contributed by atoms with E-state index >= 15 is 0 Å². The summed E-state index contributed by atoms with van der Waals surface area (Å²) < 4.78 is 5.15. The van der Waals surface area contributed by atoms with Crippen LogP contribution in [0.15, 0.2) is 48.5 Å². The maximum absolute atomic E-state index is 12.9. The molecule has 1 unspecified atom stereocenters. The van der Waals surface area contributed by atoms with E-state index in [0.717, 1.165) is 11.3 Å². The van der Waals surface area contributed by atoms with Crippen molar-refractivity contribution in [2.24, 2.45) is 5.92 Å². The Morgan fingerprint density at radius 2 is 1.88 bits per heavy atom. The number of ether oxygens (including phenoxy) is 1. The van der Waals surface area contributed by atoms with Crippen LogP contribution in [0.4, 0.5) is 11.4 Å². The van der Waals surface area contributed by atoms with Crippen molar-refractivity contribution in [2.45, 2.75) is 13.3 Å². The first-order chi connectivity index (χ1) is 11.6. The second-order valence-corrected chi connectivity index (χ2v) is 5.82. The van der Waals surface area contributed by atoms with Crippen molar-refractivity contribution in [2.75, 3.05) is 23.8 Å². The third-order valence-corrected chi connectivity index (χ3v) is 4.17. The summed E-state index contributed by atoms with van der Waals surface area (Å²) in [4.78, 5) is 26.8. The molecule has 0 saturated carbocycles. The minimum Gasteiger partial charge on any atom is -0.466 e. The molecule has 5 heteroatoms. The van der Waals surface area contributed by atoms with Gasteiger partial charge in [-0.15, -0.1) is 0 Å². The largest absolute Gasteiger partial charge is 0.466 e. The summed E-state index contributed by atoms with van der Waals surface area (Å²) in [6.07, 6.45) is 0.584. The fourth-order valence-corrected chi connectivity index (χ4v) is 2.99. The molecule has 1 aliphatic rings. The number of hydrogen-bond acceptors (Lipinski definition) is 4. The van der Waals surface area contributed by atoms with Gasteiger partial charge in [0.05, 0.1) is 12.5 Å². The Hall–Kier alpha value is -2.82. The summed E-state index contributed by atoms with van der Waals surface area (Å²) in [7, 11) is 0.